The van der Waals surface area contributed by atoms with E-state index in [4.69, 9.17) is 4.42 Å². The van der Waals surface area contributed by atoms with E-state index >= 15 is 0 Å². The number of carboxylic acid groups (broad SMARTS) is 1. The molecule has 1 aliphatic carbocycles. The minimum Gasteiger partial charge on any atom is -0.478 e. The van der Waals surface area contributed by atoms with Gasteiger partial charge in [-0.1, -0.05) is 0 Å². The highest BCUT2D eigenvalue weighted by molar-refractivity contribution is 7.15. The van der Waals surface area contributed by atoms with Crippen LogP contribution in [0.5, 0.6) is 0 Å². The number of carbonyl (C=O) groups is 2. The maximum absolute atomic E-state index is 12.0. The van der Waals surface area contributed by atoms with Crippen LogP contribution in [0.1, 0.15) is 61.1 Å². The molecule has 1 amide bonds. The molecule has 0 atom stereocenters. The average Bonchev–Trinajstić information content (AvgIpc) is 3.39. The van der Waals surface area contributed by atoms with Crippen molar-refractivity contribution in [3.63, 3.8) is 0 Å². The van der Waals surface area contributed by atoms with E-state index in [1.807, 2.05) is 24.5 Å². The maximum Gasteiger partial charge on any atom is 0.339 e. The lowest BCUT2D eigenvalue weighted by Gasteiger charge is -2.11. The predicted molar refractivity (Wildman–Crippen MR) is 110 cm³/mol. The molecule has 4 rings (SSSR count). The number of nitrogens with zero attached hydrogens (tertiary/aromatic N) is 2. The molecule has 3 aromatic rings. The molecule has 0 saturated carbocycles. The first kappa shape index (κ1) is 19.2. The van der Waals surface area contributed by atoms with Gasteiger partial charge in [0.05, 0.1) is 18.0 Å². The monoisotopic (exact) mass is 411 g/mol. The van der Waals surface area contributed by atoms with Crippen molar-refractivity contribution < 1.29 is 19.1 Å². The first-order valence-corrected chi connectivity index (χ1v) is 10.2. The van der Waals surface area contributed by atoms with Gasteiger partial charge >= 0.3 is 11.9 Å². The summed E-state index contributed by atoms with van der Waals surface area (Å²) in [5.74, 6) is -1.13. The number of aryl methyl sites for hydroxylation is 2. The van der Waals surface area contributed by atoms with Crippen LogP contribution in [-0.4, -0.2) is 27.8 Å². The van der Waals surface area contributed by atoms with Gasteiger partial charge in [-0.2, -0.15) is 5.10 Å². The van der Waals surface area contributed by atoms with E-state index in [2.05, 4.69) is 10.5 Å². The van der Waals surface area contributed by atoms with Crippen molar-refractivity contribution in [2.24, 2.45) is 5.10 Å². The van der Waals surface area contributed by atoms with Gasteiger partial charge in [-0.25, -0.2) is 10.2 Å². The van der Waals surface area contributed by atoms with Gasteiger partial charge in [-0.3, -0.25) is 4.79 Å². The van der Waals surface area contributed by atoms with Crippen LogP contribution in [0.2, 0.25) is 0 Å². The molecular formula is C21H21N3O4S. The Bertz CT molecular complexity index is 1110. The second kappa shape index (κ2) is 7.71. The van der Waals surface area contributed by atoms with E-state index in [1.165, 1.54) is 11.1 Å². The highest BCUT2D eigenvalue weighted by Crippen LogP contribution is 2.38. The summed E-state index contributed by atoms with van der Waals surface area (Å²) in [7, 11) is 0. The molecule has 29 heavy (non-hydrogen) atoms. The molecule has 0 aliphatic heterocycles. The van der Waals surface area contributed by atoms with Gasteiger partial charge in [0.25, 0.3) is 0 Å². The van der Waals surface area contributed by atoms with E-state index < -0.39 is 11.9 Å². The lowest BCUT2D eigenvalue weighted by atomic mass is 9.95. The summed E-state index contributed by atoms with van der Waals surface area (Å²) in [5, 5.41) is 14.6. The molecule has 1 aliphatic rings. The number of carboxylic acids is 1. The number of carbonyl (C=O) groups excluding carboxylic acids is 1. The number of amides is 1. The largest absolute Gasteiger partial charge is 0.478 e. The summed E-state index contributed by atoms with van der Waals surface area (Å²) in [5.41, 5.74) is 6.44. The number of hydrogen-bond donors (Lipinski definition) is 2. The molecule has 0 radical (unpaired) electrons. The third kappa shape index (κ3) is 3.51. The molecule has 0 bridgehead atoms. The third-order valence-corrected chi connectivity index (χ3v) is 6.43. The molecule has 3 aromatic heterocycles. The van der Waals surface area contributed by atoms with E-state index in [0.717, 1.165) is 53.2 Å². The van der Waals surface area contributed by atoms with Gasteiger partial charge in [-0.15, -0.1) is 11.3 Å². The Morgan fingerprint density at radius 2 is 2.10 bits per heavy atom. The minimum atomic E-state index is -0.882. The molecule has 0 unspecified atom stereocenters. The predicted octanol–water partition coefficient (Wildman–Crippen LogP) is 4.09. The van der Waals surface area contributed by atoms with Crippen molar-refractivity contribution in [3.8, 4) is 5.00 Å². The van der Waals surface area contributed by atoms with E-state index in [1.54, 1.807) is 29.7 Å². The second-order valence-corrected chi connectivity index (χ2v) is 8.12. The van der Waals surface area contributed by atoms with Gasteiger partial charge in [-0.05, 0) is 63.3 Å². The van der Waals surface area contributed by atoms with Crippen LogP contribution in [0.3, 0.4) is 0 Å². The van der Waals surface area contributed by atoms with Crippen LogP contribution in [0.4, 0.5) is 0 Å². The number of thiophene rings is 1. The third-order valence-electron chi connectivity index (χ3n) is 5.15. The standard InChI is InChI=1S/C21H21N3O4S/c1-12-10-14(11-22-23-19(25)16-7-5-9-28-16)13(2)24(12)20-18(21(26)27)15-6-3-4-8-17(15)29-20/h5,7,9-11H,3-4,6,8H2,1-2H3,(H,23,25)(H,26,27). The van der Waals surface area contributed by atoms with Crippen molar-refractivity contribution in [2.45, 2.75) is 39.5 Å². The molecule has 0 saturated heterocycles. The fraction of sp³-hybridized carbons (Fsp3) is 0.286. The zero-order chi connectivity index (χ0) is 20.5. The van der Waals surface area contributed by atoms with Crippen LogP contribution in [0.25, 0.3) is 5.00 Å². The summed E-state index contributed by atoms with van der Waals surface area (Å²) in [4.78, 5) is 25.1. The summed E-state index contributed by atoms with van der Waals surface area (Å²) >= 11 is 1.57. The Morgan fingerprint density at radius 1 is 1.31 bits per heavy atom. The number of aromatic carboxylic acids is 1. The summed E-state index contributed by atoms with van der Waals surface area (Å²) < 4.78 is 7.01. The van der Waals surface area contributed by atoms with Crippen LogP contribution in [0.15, 0.2) is 34.0 Å². The molecule has 3 heterocycles. The second-order valence-electron chi connectivity index (χ2n) is 7.03. The molecule has 0 fully saturated rings. The quantitative estimate of drug-likeness (QED) is 0.488. The highest BCUT2D eigenvalue weighted by atomic mass is 32.1. The SMILES string of the molecule is Cc1cc(C=NNC(=O)c2ccco2)c(C)n1-c1sc2c(c1C(=O)O)CCCC2. The van der Waals surface area contributed by atoms with Gasteiger partial charge in [0.2, 0.25) is 0 Å². The zero-order valence-corrected chi connectivity index (χ0v) is 17.0. The number of hydrazone groups is 1. The van der Waals surface area contributed by atoms with E-state index in [-0.39, 0.29) is 5.76 Å². The smallest absolute Gasteiger partial charge is 0.339 e. The normalized spacial score (nSPS) is 13.6. The van der Waals surface area contributed by atoms with Crippen molar-refractivity contribution in [1.82, 2.24) is 9.99 Å². The zero-order valence-electron chi connectivity index (χ0n) is 16.2. The molecule has 8 heteroatoms. The average molecular weight is 411 g/mol. The molecular weight excluding hydrogens is 390 g/mol. The van der Waals surface area contributed by atoms with Gasteiger partial charge < -0.3 is 14.1 Å². The number of fused-ring (bicyclic) bond motifs is 1. The first-order valence-electron chi connectivity index (χ1n) is 9.41. The van der Waals surface area contributed by atoms with Crippen LogP contribution >= 0.6 is 11.3 Å². The van der Waals surface area contributed by atoms with E-state index in [9.17, 15) is 14.7 Å². The van der Waals surface area contributed by atoms with Crippen molar-refractivity contribution in [2.75, 3.05) is 0 Å². The lowest BCUT2D eigenvalue weighted by Crippen LogP contribution is -2.16. The van der Waals surface area contributed by atoms with E-state index in [0.29, 0.717) is 5.56 Å². The Kier molecular flexibility index (Phi) is 5.10. The number of nitrogens with one attached hydrogen (secondary N) is 1. The minimum absolute atomic E-state index is 0.183. The lowest BCUT2D eigenvalue weighted by molar-refractivity contribution is 0.0695. The summed E-state index contributed by atoms with van der Waals surface area (Å²) in [6.07, 6.45) is 6.87. The number of hydrogen-bond acceptors (Lipinski definition) is 5. The van der Waals surface area contributed by atoms with Gasteiger partial charge in [0.1, 0.15) is 5.00 Å². The topological polar surface area (TPSA) is 96.8 Å². The van der Waals surface area contributed by atoms with Crippen molar-refractivity contribution in [3.05, 3.63) is 63.2 Å². The molecule has 0 spiro atoms. The molecule has 2 N–H and O–H groups in total. The fourth-order valence-electron chi connectivity index (χ4n) is 3.78. The van der Waals surface area contributed by atoms with Crippen LogP contribution in [-0.2, 0) is 12.8 Å². The summed E-state index contributed by atoms with van der Waals surface area (Å²) in [6.45, 7) is 3.86. The Morgan fingerprint density at radius 3 is 2.83 bits per heavy atom. The molecule has 150 valence electrons. The first-order chi connectivity index (χ1) is 14.0. The number of furan rings is 1. The fourth-order valence-corrected chi connectivity index (χ4v) is 5.28. The van der Waals surface area contributed by atoms with Crippen molar-refractivity contribution in [1.29, 1.82) is 0 Å². The van der Waals surface area contributed by atoms with Gasteiger partial charge in [0, 0.05) is 21.8 Å². The van der Waals surface area contributed by atoms with Crippen molar-refractivity contribution >= 4 is 29.4 Å². The number of aromatic nitrogens is 1. The van der Waals surface area contributed by atoms with Crippen LogP contribution < -0.4 is 5.43 Å². The van der Waals surface area contributed by atoms with Crippen LogP contribution in [0, 0.1) is 13.8 Å². The van der Waals surface area contributed by atoms with Gasteiger partial charge in [0.15, 0.2) is 5.76 Å². The Balaban J connectivity index is 1.66. The Labute approximate surface area is 171 Å². The molecule has 0 aromatic carbocycles. The summed E-state index contributed by atoms with van der Waals surface area (Å²) in [6, 6.07) is 5.12. The Hall–Kier alpha value is -3.13. The number of rotatable bonds is 5. The molecule has 7 nitrogen and oxygen atoms in total. The highest BCUT2D eigenvalue weighted by Gasteiger charge is 2.27. The maximum atomic E-state index is 12.0.